The molecule has 2 rings (SSSR count). The smallest absolute Gasteiger partial charge is 0.126 e. The zero-order chi connectivity index (χ0) is 12.1. The molecule has 0 amide bonds. The van der Waals surface area contributed by atoms with E-state index in [-0.39, 0.29) is 0 Å². The summed E-state index contributed by atoms with van der Waals surface area (Å²) in [5.41, 5.74) is 1.37. The molecule has 1 unspecified atom stereocenters. The average molecular weight is 233 g/mol. The van der Waals surface area contributed by atoms with Crippen molar-refractivity contribution < 1.29 is 0 Å². The van der Waals surface area contributed by atoms with Crippen molar-refractivity contribution >= 4 is 5.82 Å². The van der Waals surface area contributed by atoms with Crippen molar-refractivity contribution in [1.29, 1.82) is 0 Å². The number of hydrogen-bond donors (Lipinski definition) is 1. The van der Waals surface area contributed by atoms with Crippen LogP contribution in [-0.4, -0.2) is 29.5 Å². The molecule has 0 aliphatic carbocycles. The Balaban J connectivity index is 1.91. The third-order valence-corrected chi connectivity index (χ3v) is 3.29. The molecule has 1 aromatic rings. The molecule has 1 fully saturated rings. The molecular formula is C14H23N3. The van der Waals surface area contributed by atoms with Crippen molar-refractivity contribution in [2.75, 3.05) is 25.0 Å². The largest absolute Gasteiger partial charge is 0.370 e. The zero-order valence-corrected chi connectivity index (χ0v) is 10.9. The van der Waals surface area contributed by atoms with Gasteiger partial charge in [-0.3, -0.25) is 4.90 Å². The van der Waals surface area contributed by atoms with Gasteiger partial charge in [-0.1, -0.05) is 13.8 Å². The lowest BCUT2D eigenvalue weighted by Crippen LogP contribution is -2.19. The molecule has 1 aromatic heterocycles. The molecule has 0 aromatic carbocycles. The second kappa shape index (κ2) is 6.01. The normalized spacial score (nSPS) is 20.7. The van der Waals surface area contributed by atoms with Gasteiger partial charge in [-0.25, -0.2) is 4.98 Å². The second-order valence-corrected chi connectivity index (χ2v) is 5.11. The Morgan fingerprint density at radius 3 is 3.12 bits per heavy atom. The van der Waals surface area contributed by atoms with Gasteiger partial charge in [-0.2, -0.15) is 0 Å². The number of hydrogen-bond acceptors (Lipinski definition) is 3. The molecule has 1 atom stereocenters. The first kappa shape index (κ1) is 12.4. The number of anilines is 1. The maximum absolute atomic E-state index is 4.34. The van der Waals surface area contributed by atoms with E-state index in [9.17, 15) is 0 Å². The van der Waals surface area contributed by atoms with Gasteiger partial charge < -0.3 is 5.32 Å². The molecule has 17 heavy (non-hydrogen) atoms. The van der Waals surface area contributed by atoms with Gasteiger partial charge in [-0.15, -0.1) is 0 Å². The lowest BCUT2D eigenvalue weighted by molar-refractivity contribution is 0.320. The minimum Gasteiger partial charge on any atom is -0.370 e. The number of rotatable bonds is 5. The van der Waals surface area contributed by atoms with E-state index >= 15 is 0 Å². The molecule has 0 bridgehead atoms. The van der Waals surface area contributed by atoms with E-state index in [1.807, 2.05) is 6.20 Å². The Labute approximate surface area is 104 Å². The minimum absolute atomic E-state index is 0.856. The van der Waals surface area contributed by atoms with Crippen molar-refractivity contribution in [3.8, 4) is 0 Å². The third kappa shape index (κ3) is 3.70. The summed E-state index contributed by atoms with van der Waals surface area (Å²) in [6.45, 7) is 9.04. The number of pyridine rings is 1. The fraction of sp³-hybridized carbons (Fsp3) is 0.643. The lowest BCUT2D eigenvalue weighted by Gasteiger charge is -2.15. The molecule has 3 heteroatoms. The first-order valence-electron chi connectivity index (χ1n) is 6.69. The van der Waals surface area contributed by atoms with Crippen molar-refractivity contribution in [2.45, 2.75) is 33.2 Å². The standard InChI is InChI=1S/C14H23N3/c1-3-6-15-14-9-13(4-7-16-14)11-17-8-5-12(2)10-17/h4,7,9,12H,3,5-6,8,10-11H2,1-2H3,(H,15,16). The minimum atomic E-state index is 0.856. The van der Waals surface area contributed by atoms with E-state index in [0.717, 1.165) is 31.2 Å². The van der Waals surface area contributed by atoms with Crippen LogP contribution in [0.3, 0.4) is 0 Å². The highest BCUT2D eigenvalue weighted by Gasteiger charge is 2.18. The van der Waals surface area contributed by atoms with Crippen LogP contribution in [-0.2, 0) is 6.54 Å². The fourth-order valence-electron chi connectivity index (χ4n) is 2.35. The van der Waals surface area contributed by atoms with Gasteiger partial charge in [0.15, 0.2) is 0 Å². The van der Waals surface area contributed by atoms with E-state index < -0.39 is 0 Å². The first-order chi connectivity index (χ1) is 8.28. The summed E-state index contributed by atoms with van der Waals surface area (Å²) in [5, 5.41) is 3.34. The Kier molecular flexibility index (Phi) is 4.37. The van der Waals surface area contributed by atoms with Crippen LogP contribution in [0, 0.1) is 5.92 Å². The summed E-state index contributed by atoms with van der Waals surface area (Å²) < 4.78 is 0. The summed E-state index contributed by atoms with van der Waals surface area (Å²) in [5.74, 6) is 1.87. The molecule has 0 radical (unpaired) electrons. The van der Waals surface area contributed by atoms with Crippen LogP contribution in [0.15, 0.2) is 18.3 Å². The second-order valence-electron chi connectivity index (χ2n) is 5.11. The average Bonchev–Trinajstić information content (AvgIpc) is 2.73. The number of nitrogens with zero attached hydrogens (tertiary/aromatic N) is 2. The van der Waals surface area contributed by atoms with Gasteiger partial charge in [-0.05, 0) is 43.0 Å². The SMILES string of the molecule is CCCNc1cc(CN2CCC(C)C2)ccn1. The van der Waals surface area contributed by atoms with Gasteiger partial charge in [0, 0.05) is 25.8 Å². The van der Waals surface area contributed by atoms with E-state index in [4.69, 9.17) is 0 Å². The van der Waals surface area contributed by atoms with Crippen molar-refractivity contribution in [3.05, 3.63) is 23.9 Å². The summed E-state index contributed by atoms with van der Waals surface area (Å²) in [7, 11) is 0. The summed E-state index contributed by atoms with van der Waals surface area (Å²) in [6.07, 6.45) is 4.38. The van der Waals surface area contributed by atoms with Crippen molar-refractivity contribution in [3.63, 3.8) is 0 Å². The molecule has 2 heterocycles. The van der Waals surface area contributed by atoms with Crippen LogP contribution < -0.4 is 5.32 Å². The Morgan fingerprint density at radius 2 is 2.41 bits per heavy atom. The summed E-state index contributed by atoms with van der Waals surface area (Å²) >= 11 is 0. The highest BCUT2D eigenvalue weighted by molar-refractivity contribution is 5.37. The molecule has 1 saturated heterocycles. The monoisotopic (exact) mass is 233 g/mol. The van der Waals surface area contributed by atoms with Gasteiger partial charge in [0.25, 0.3) is 0 Å². The predicted octanol–water partition coefficient (Wildman–Crippen LogP) is 2.75. The molecule has 1 N–H and O–H groups in total. The van der Waals surface area contributed by atoms with Gasteiger partial charge in [0.2, 0.25) is 0 Å². The van der Waals surface area contributed by atoms with E-state index in [0.29, 0.717) is 0 Å². The molecule has 0 saturated carbocycles. The molecule has 0 spiro atoms. The maximum atomic E-state index is 4.34. The molecular weight excluding hydrogens is 210 g/mol. The molecule has 94 valence electrons. The molecule has 1 aliphatic rings. The van der Waals surface area contributed by atoms with Crippen LogP contribution in [0.5, 0.6) is 0 Å². The molecule has 3 nitrogen and oxygen atoms in total. The topological polar surface area (TPSA) is 28.2 Å². The van der Waals surface area contributed by atoms with Crippen LogP contribution in [0.1, 0.15) is 32.3 Å². The third-order valence-electron chi connectivity index (χ3n) is 3.29. The summed E-state index contributed by atoms with van der Waals surface area (Å²) in [4.78, 5) is 6.87. The van der Waals surface area contributed by atoms with E-state index in [1.54, 1.807) is 0 Å². The lowest BCUT2D eigenvalue weighted by atomic mass is 10.2. The van der Waals surface area contributed by atoms with Gasteiger partial charge in [0.1, 0.15) is 5.82 Å². The quantitative estimate of drug-likeness (QED) is 0.847. The van der Waals surface area contributed by atoms with E-state index in [1.165, 1.54) is 25.1 Å². The Bertz CT molecular complexity index is 351. The van der Waals surface area contributed by atoms with Crippen LogP contribution >= 0.6 is 0 Å². The van der Waals surface area contributed by atoms with Gasteiger partial charge >= 0.3 is 0 Å². The van der Waals surface area contributed by atoms with Crippen LogP contribution in [0.4, 0.5) is 5.82 Å². The van der Waals surface area contributed by atoms with E-state index in [2.05, 4.69) is 41.2 Å². The van der Waals surface area contributed by atoms with Crippen molar-refractivity contribution in [1.82, 2.24) is 9.88 Å². The van der Waals surface area contributed by atoms with Crippen LogP contribution in [0.25, 0.3) is 0 Å². The predicted molar refractivity (Wildman–Crippen MR) is 72.1 cm³/mol. The summed E-state index contributed by atoms with van der Waals surface area (Å²) in [6, 6.07) is 4.30. The van der Waals surface area contributed by atoms with Gasteiger partial charge in [0.05, 0.1) is 0 Å². The molecule has 1 aliphatic heterocycles. The number of nitrogens with one attached hydrogen (secondary N) is 1. The Hall–Kier alpha value is -1.09. The highest BCUT2D eigenvalue weighted by Crippen LogP contribution is 2.18. The number of likely N-dealkylation sites (tertiary alicyclic amines) is 1. The van der Waals surface area contributed by atoms with Crippen LogP contribution in [0.2, 0.25) is 0 Å². The zero-order valence-electron chi connectivity index (χ0n) is 10.9. The first-order valence-corrected chi connectivity index (χ1v) is 6.69. The number of aromatic nitrogens is 1. The highest BCUT2D eigenvalue weighted by atomic mass is 15.1. The maximum Gasteiger partial charge on any atom is 0.126 e. The fourth-order valence-corrected chi connectivity index (χ4v) is 2.35. The Morgan fingerprint density at radius 1 is 1.53 bits per heavy atom. The van der Waals surface area contributed by atoms with Crippen molar-refractivity contribution in [2.24, 2.45) is 5.92 Å².